The van der Waals surface area contributed by atoms with E-state index >= 15 is 0 Å². The zero-order valence-electron chi connectivity index (χ0n) is 17.1. The van der Waals surface area contributed by atoms with Gasteiger partial charge in [-0.1, -0.05) is 69.6 Å². The van der Waals surface area contributed by atoms with Crippen LogP contribution in [0.1, 0.15) is 47.0 Å². The van der Waals surface area contributed by atoms with Gasteiger partial charge in [-0.15, -0.1) is 0 Å². The van der Waals surface area contributed by atoms with Gasteiger partial charge in [-0.05, 0) is 31.5 Å². The van der Waals surface area contributed by atoms with Crippen LogP contribution in [0, 0.1) is 10.8 Å². The first-order valence-electron chi connectivity index (χ1n) is 9.93. The molecule has 28 heavy (non-hydrogen) atoms. The fourth-order valence-corrected chi connectivity index (χ4v) is 4.36. The second-order valence-electron chi connectivity index (χ2n) is 8.00. The molecule has 0 radical (unpaired) electrons. The SMILES string of the molecule is CCCCCOC1C(C)(C)C1(C)C(=O)Oc1cccc(Sc2ccccc2)n1. The molecule has 1 aliphatic carbocycles. The number of rotatable bonds is 9. The van der Waals surface area contributed by atoms with Crippen LogP contribution < -0.4 is 4.74 Å². The Kier molecular flexibility index (Phi) is 6.46. The summed E-state index contributed by atoms with van der Waals surface area (Å²) in [4.78, 5) is 18.5. The third-order valence-corrected chi connectivity index (χ3v) is 6.70. The molecule has 0 N–H and O–H groups in total. The Hall–Kier alpha value is -1.85. The molecular formula is C23H29NO3S. The number of benzene rings is 1. The average Bonchev–Trinajstić information content (AvgIpc) is 3.12. The molecular weight excluding hydrogens is 370 g/mol. The molecule has 0 amide bonds. The van der Waals surface area contributed by atoms with Gasteiger partial charge in [0.05, 0.1) is 11.5 Å². The molecule has 4 nitrogen and oxygen atoms in total. The fourth-order valence-electron chi connectivity index (χ4n) is 3.54. The lowest BCUT2D eigenvalue weighted by molar-refractivity contribution is -0.142. The zero-order valence-corrected chi connectivity index (χ0v) is 17.9. The van der Waals surface area contributed by atoms with Crippen molar-refractivity contribution >= 4 is 17.7 Å². The molecule has 2 aromatic rings. The van der Waals surface area contributed by atoms with E-state index in [4.69, 9.17) is 9.47 Å². The van der Waals surface area contributed by atoms with E-state index in [-0.39, 0.29) is 17.5 Å². The van der Waals surface area contributed by atoms with Crippen LogP contribution in [0.3, 0.4) is 0 Å². The standard InChI is InChI=1S/C23H29NO3S/c1-5-6-10-16-26-20-22(2,3)23(20,4)21(25)27-18-14-11-15-19(24-18)28-17-12-8-7-9-13-17/h7-9,11-15,20H,5-6,10,16H2,1-4H3. The number of esters is 1. The molecule has 2 atom stereocenters. The fraction of sp³-hybridized carbons (Fsp3) is 0.478. The van der Waals surface area contributed by atoms with Gasteiger partial charge in [-0.3, -0.25) is 4.79 Å². The monoisotopic (exact) mass is 399 g/mol. The maximum Gasteiger partial charge on any atom is 0.321 e. The van der Waals surface area contributed by atoms with Crippen molar-refractivity contribution in [2.45, 2.75) is 63.0 Å². The molecule has 150 valence electrons. The van der Waals surface area contributed by atoms with E-state index in [0.717, 1.165) is 29.2 Å². The van der Waals surface area contributed by atoms with Crippen LogP contribution in [-0.4, -0.2) is 23.7 Å². The van der Waals surface area contributed by atoms with Gasteiger partial charge in [0.2, 0.25) is 5.88 Å². The summed E-state index contributed by atoms with van der Waals surface area (Å²) >= 11 is 1.54. The number of hydrogen-bond acceptors (Lipinski definition) is 5. The quantitative estimate of drug-likeness (QED) is 0.396. The highest BCUT2D eigenvalue weighted by molar-refractivity contribution is 7.99. The molecule has 3 rings (SSSR count). The molecule has 1 aliphatic rings. The van der Waals surface area contributed by atoms with Crippen molar-refractivity contribution in [3.63, 3.8) is 0 Å². The number of aromatic nitrogens is 1. The van der Waals surface area contributed by atoms with Crippen LogP contribution in [-0.2, 0) is 9.53 Å². The third kappa shape index (κ3) is 4.26. The summed E-state index contributed by atoms with van der Waals surface area (Å²) in [6, 6.07) is 15.5. The van der Waals surface area contributed by atoms with Crippen molar-refractivity contribution in [3.05, 3.63) is 48.5 Å². The molecule has 0 aliphatic heterocycles. The van der Waals surface area contributed by atoms with Gasteiger partial charge >= 0.3 is 5.97 Å². The normalized spacial score (nSPS) is 22.6. The van der Waals surface area contributed by atoms with Crippen molar-refractivity contribution in [3.8, 4) is 5.88 Å². The molecule has 0 spiro atoms. The Bertz CT molecular complexity index is 809. The molecule has 1 heterocycles. The summed E-state index contributed by atoms with van der Waals surface area (Å²) in [6.45, 7) is 8.91. The predicted molar refractivity (Wildman–Crippen MR) is 112 cm³/mol. The van der Waals surface area contributed by atoms with Crippen LogP contribution in [0.2, 0.25) is 0 Å². The number of nitrogens with zero attached hydrogens (tertiary/aromatic N) is 1. The largest absolute Gasteiger partial charge is 0.407 e. The van der Waals surface area contributed by atoms with E-state index in [1.54, 1.807) is 17.8 Å². The molecule has 2 unspecified atom stereocenters. The Balaban J connectivity index is 1.63. The van der Waals surface area contributed by atoms with Gasteiger partial charge in [-0.2, -0.15) is 0 Å². The number of hydrogen-bond donors (Lipinski definition) is 0. The zero-order chi connectivity index (χ0) is 20.2. The first kappa shape index (κ1) is 20.9. The highest BCUT2D eigenvalue weighted by Crippen LogP contribution is 2.65. The van der Waals surface area contributed by atoms with Crippen molar-refractivity contribution in [2.75, 3.05) is 6.61 Å². The highest BCUT2D eigenvalue weighted by atomic mass is 32.2. The predicted octanol–water partition coefficient (Wildman–Crippen LogP) is 5.76. The van der Waals surface area contributed by atoms with Gasteiger partial charge in [0.1, 0.15) is 5.03 Å². The van der Waals surface area contributed by atoms with Crippen LogP contribution in [0.4, 0.5) is 0 Å². The van der Waals surface area contributed by atoms with Crippen LogP contribution >= 0.6 is 11.8 Å². The van der Waals surface area contributed by atoms with E-state index in [1.165, 1.54) is 0 Å². The van der Waals surface area contributed by atoms with E-state index in [1.807, 2.05) is 49.4 Å². The van der Waals surface area contributed by atoms with Crippen LogP contribution in [0.25, 0.3) is 0 Å². The number of pyridine rings is 1. The van der Waals surface area contributed by atoms with E-state index in [9.17, 15) is 4.79 Å². The topological polar surface area (TPSA) is 48.4 Å². The summed E-state index contributed by atoms with van der Waals surface area (Å²) in [5.74, 6) is 0.0620. The smallest absolute Gasteiger partial charge is 0.321 e. The first-order valence-corrected chi connectivity index (χ1v) is 10.7. The number of ether oxygens (including phenoxy) is 2. The summed E-state index contributed by atoms with van der Waals surface area (Å²) < 4.78 is 11.7. The Labute approximate surface area is 172 Å². The lowest BCUT2D eigenvalue weighted by Gasteiger charge is -2.13. The number of carbonyl (C=O) groups is 1. The summed E-state index contributed by atoms with van der Waals surface area (Å²) in [5.41, 5.74) is -0.893. The summed E-state index contributed by atoms with van der Waals surface area (Å²) in [5, 5.41) is 0.795. The maximum atomic E-state index is 12.9. The second-order valence-corrected chi connectivity index (χ2v) is 9.09. The first-order chi connectivity index (χ1) is 13.4. The van der Waals surface area contributed by atoms with Crippen molar-refractivity contribution in [2.24, 2.45) is 10.8 Å². The Morgan fingerprint density at radius 2 is 1.82 bits per heavy atom. The van der Waals surface area contributed by atoms with Gasteiger partial charge in [0.15, 0.2) is 0 Å². The third-order valence-electron chi connectivity index (χ3n) is 5.75. The maximum absolute atomic E-state index is 12.9. The van der Waals surface area contributed by atoms with Gasteiger partial charge in [0, 0.05) is 23.0 Å². The van der Waals surface area contributed by atoms with E-state index in [2.05, 4.69) is 25.8 Å². The van der Waals surface area contributed by atoms with Gasteiger partial charge in [-0.25, -0.2) is 4.98 Å². The van der Waals surface area contributed by atoms with Crippen LogP contribution in [0.15, 0.2) is 58.5 Å². The molecule has 1 aromatic heterocycles. The van der Waals surface area contributed by atoms with Gasteiger partial charge < -0.3 is 9.47 Å². The van der Waals surface area contributed by atoms with E-state index < -0.39 is 5.41 Å². The molecule has 1 saturated carbocycles. The van der Waals surface area contributed by atoms with Crippen molar-refractivity contribution in [1.82, 2.24) is 4.98 Å². The Morgan fingerprint density at radius 3 is 2.54 bits per heavy atom. The van der Waals surface area contributed by atoms with Crippen LogP contribution in [0.5, 0.6) is 5.88 Å². The van der Waals surface area contributed by atoms with Crippen molar-refractivity contribution in [1.29, 1.82) is 0 Å². The minimum atomic E-state index is -0.649. The molecule has 5 heteroatoms. The molecule has 0 bridgehead atoms. The van der Waals surface area contributed by atoms with Gasteiger partial charge in [0.25, 0.3) is 0 Å². The lowest BCUT2D eigenvalue weighted by Crippen LogP contribution is -2.25. The molecule has 1 aromatic carbocycles. The summed E-state index contributed by atoms with van der Waals surface area (Å²) in [6.07, 6.45) is 3.20. The molecule has 0 saturated heterocycles. The van der Waals surface area contributed by atoms with E-state index in [0.29, 0.717) is 12.5 Å². The minimum Gasteiger partial charge on any atom is -0.407 e. The lowest BCUT2D eigenvalue weighted by atomic mass is 9.99. The number of unbranched alkanes of at least 4 members (excludes halogenated alkanes) is 2. The highest BCUT2D eigenvalue weighted by Gasteiger charge is 2.75. The second kappa shape index (κ2) is 8.66. The minimum absolute atomic E-state index is 0.119. The summed E-state index contributed by atoms with van der Waals surface area (Å²) in [7, 11) is 0. The molecule has 1 fully saturated rings. The average molecular weight is 400 g/mol. The Morgan fingerprint density at radius 1 is 1.07 bits per heavy atom. The number of carbonyl (C=O) groups excluding carboxylic acids is 1. The van der Waals surface area contributed by atoms with Crippen molar-refractivity contribution < 1.29 is 14.3 Å².